The summed E-state index contributed by atoms with van der Waals surface area (Å²) in [6.07, 6.45) is 1.68. The third-order valence-electron chi connectivity index (χ3n) is 2.00. The van der Waals surface area contributed by atoms with Crippen molar-refractivity contribution in [3.8, 4) is 0 Å². The van der Waals surface area contributed by atoms with E-state index in [4.69, 9.17) is 0 Å². The normalized spacial score (nSPS) is 12.4. The predicted octanol–water partition coefficient (Wildman–Crippen LogP) is 3.25. The first-order valence-corrected chi connectivity index (χ1v) is 4.87. The fourth-order valence-electron chi connectivity index (χ4n) is 1.33. The molecular weight excluding hydrogens is 172 g/mol. The molecule has 0 aliphatic carbocycles. The van der Waals surface area contributed by atoms with Crippen LogP contribution in [-0.2, 0) is 0 Å². The number of hydrogen-bond donors (Lipinski definition) is 1. The van der Waals surface area contributed by atoms with E-state index in [0.717, 1.165) is 16.9 Å². The van der Waals surface area contributed by atoms with Crippen LogP contribution >= 0.6 is 0 Å². The summed E-state index contributed by atoms with van der Waals surface area (Å²) in [7, 11) is 0. The second kappa shape index (κ2) is 4.61. The molecule has 0 amide bonds. The SMILES string of the molecule is C=C1NC=Nc2c(C)cccc21.CC. The average Bonchev–Trinajstić information content (AvgIpc) is 2.23. The number of hydrogen-bond acceptors (Lipinski definition) is 2. The van der Waals surface area contributed by atoms with Gasteiger partial charge in [-0.1, -0.05) is 38.6 Å². The topological polar surface area (TPSA) is 24.4 Å². The van der Waals surface area contributed by atoms with Gasteiger partial charge >= 0.3 is 0 Å². The zero-order chi connectivity index (χ0) is 10.6. The summed E-state index contributed by atoms with van der Waals surface area (Å²) >= 11 is 0. The second-order valence-corrected chi connectivity index (χ2v) is 2.85. The Hall–Kier alpha value is -1.57. The summed E-state index contributed by atoms with van der Waals surface area (Å²) < 4.78 is 0. The van der Waals surface area contributed by atoms with Gasteiger partial charge in [0.15, 0.2) is 0 Å². The fraction of sp³-hybridized carbons (Fsp3) is 0.250. The molecule has 1 aliphatic heterocycles. The largest absolute Gasteiger partial charge is 0.346 e. The lowest BCUT2D eigenvalue weighted by Gasteiger charge is -2.14. The van der Waals surface area contributed by atoms with Gasteiger partial charge in [0.25, 0.3) is 0 Å². The highest BCUT2D eigenvalue weighted by atomic mass is 15.0. The quantitative estimate of drug-likeness (QED) is 0.664. The van der Waals surface area contributed by atoms with Crippen LogP contribution < -0.4 is 5.32 Å². The van der Waals surface area contributed by atoms with Gasteiger partial charge in [-0.15, -0.1) is 0 Å². The molecule has 1 aromatic carbocycles. The Labute approximate surface area is 85.4 Å². The molecule has 2 heteroatoms. The first kappa shape index (κ1) is 10.5. The van der Waals surface area contributed by atoms with Gasteiger partial charge in [0.1, 0.15) is 0 Å². The van der Waals surface area contributed by atoms with Crippen molar-refractivity contribution in [1.29, 1.82) is 0 Å². The van der Waals surface area contributed by atoms with Crippen molar-refractivity contribution >= 4 is 17.7 Å². The summed E-state index contributed by atoms with van der Waals surface area (Å²) in [5.41, 5.74) is 4.23. The van der Waals surface area contributed by atoms with E-state index in [1.165, 1.54) is 5.56 Å². The Bertz CT molecular complexity index is 365. The minimum Gasteiger partial charge on any atom is -0.346 e. The van der Waals surface area contributed by atoms with Crippen LogP contribution in [0.5, 0.6) is 0 Å². The van der Waals surface area contributed by atoms with Gasteiger partial charge in [0, 0.05) is 11.3 Å². The molecule has 0 fully saturated rings. The van der Waals surface area contributed by atoms with Crippen LogP contribution in [0.15, 0.2) is 29.8 Å². The van der Waals surface area contributed by atoms with Crippen LogP contribution in [0.1, 0.15) is 25.0 Å². The van der Waals surface area contributed by atoms with Crippen LogP contribution in [0.2, 0.25) is 0 Å². The Kier molecular flexibility index (Phi) is 3.46. The lowest BCUT2D eigenvalue weighted by atomic mass is 10.1. The first-order valence-electron chi connectivity index (χ1n) is 4.87. The zero-order valence-electron chi connectivity index (χ0n) is 8.96. The van der Waals surface area contributed by atoms with Crippen molar-refractivity contribution < 1.29 is 0 Å². The van der Waals surface area contributed by atoms with Gasteiger partial charge in [0.2, 0.25) is 0 Å². The van der Waals surface area contributed by atoms with Crippen molar-refractivity contribution in [3.63, 3.8) is 0 Å². The molecule has 1 aromatic rings. The Morgan fingerprint density at radius 2 is 2.00 bits per heavy atom. The van der Waals surface area contributed by atoms with Crippen LogP contribution in [-0.4, -0.2) is 6.34 Å². The van der Waals surface area contributed by atoms with Gasteiger partial charge in [0.05, 0.1) is 12.0 Å². The molecule has 1 heterocycles. The van der Waals surface area contributed by atoms with Gasteiger partial charge in [-0.25, -0.2) is 4.99 Å². The molecule has 0 spiro atoms. The van der Waals surface area contributed by atoms with Gasteiger partial charge < -0.3 is 5.32 Å². The Morgan fingerprint density at radius 3 is 2.64 bits per heavy atom. The molecule has 0 saturated heterocycles. The number of para-hydroxylation sites is 1. The fourth-order valence-corrected chi connectivity index (χ4v) is 1.33. The molecule has 0 radical (unpaired) electrons. The van der Waals surface area contributed by atoms with Gasteiger partial charge in [-0.3, -0.25) is 0 Å². The third-order valence-corrected chi connectivity index (χ3v) is 2.00. The maximum atomic E-state index is 4.25. The standard InChI is InChI=1S/C10H10N2.C2H6/c1-7-4-3-5-9-8(2)11-6-12-10(7)9;1-2/h3-6H,2H2,1H3,(H,11,12);1-2H3. The number of rotatable bonds is 0. The maximum absolute atomic E-state index is 4.25. The summed E-state index contributed by atoms with van der Waals surface area (Å²) in [5, 5.41) is 2.98. The van der Waals surface area contributed by atoms with Crippen molar-refractivity contribution in [2.75, 3.05) is 0 Å². The Balaban J connectivity index is 0.000000461. The molecule has 1 aliphatic rings. The second-order valence-electron chi connectivity index (χ2n) is 2.85. The zero-order valence-corrected chi connectivity index (χ0v) is 8.96. The summed E-state index contributed by atoms with van der Waals surface area (Å²) in [4.78, 5) is 4.25. The molecule has 2 rings (SSSR count). The van der Waals surface area contributed by atoms with E-state index in [2.05, 4.69) is 29.9 Å². The highest BCUT2D eigenvalue weighted by molar-refractivity contribution is 5.87. The number of nitrogens with zero attached hydrogens (tertiary/aromatic N) is 1. The number of benzene rings is 1. The van der Waals surface area contributed by atoms with E-state index in [1.807, 2.05) is 26.0 Å². The molecule has 0 aromatic heterocycles. The predicted molar refractivity (Wildman–Crippen MR) is 62.8 cm³/mol. The van der Waals surface area contributed by atoms with E-state index >= 15 is 0 Å². The molecule has 14 heavy (non-hydrogen) atoms. The minimum absolute atomic E-state index is 0.920. The lowest BCUT2D eigenvalue weighted by Crippen LogP contribution is -2.12. The summed E-state index contributed by atoms with van der Waals surface area (Å²) in [6, 6.07) is 6.09. The minimum atomic E-state index is 0.920. The van der Waals surface area contributed by atoms with E-state index in [1.54, 1.807) is 6.34 Å². The van der Waals surface area contributed by atoms with Crippen molar-refractivity contribution in [2.24, 2.45) is 4.99 Å². The molecule has 0 atom stereocenters. The van der Waals surface area contributed by atoms with Crippen molar-refractivity contribution in [2.45, 2.75) is 20.8 Å². The Morgan fingerprint density at radius 1 is 1.29 bits per heavy atom. The molecule has 1 N–H and O–H groups in total. The lowest BCUT2D eigenvalue weighted by molar-refractivity contribution is 1.25. The monoisotopic (exact) mass is 188 g/mol. The van der Waals surface area contributed by atoms with E-state index in [9.17, 15) is 0 Å². The summed E-state index contributed by atoms with van der Waals surface area (Å²) in [5.74, 6) is 0. The van der Waals surface area contributed by atoms with E-state index < -0.39 is 0 Å². The van der Waals surface area contributed by atoms with Crippen LogP contribution in [0.4, 0.5) is 5.69 Å². The molecule has 0 unspecified atom stereocenters. The van der Waals surface area contributed by atoms with Crippen LogP contribution in [0, 0.1) is 6.92 Å². The molecule has 2 nitrogen and oxygen atoms in total. The number of aryl methyl sites for hydroxylation is 1. The molecule has 74 valence electrons. The van der Waals surface area contributed by atoms with Crippen molar-refractivity contribution in [3.05, 3.63) is 35.9 Å². The van der Waals surface area contributed by atoms with Gasteiger partial charge in [-0.05, 0) is 12.5 Å². The van der Waals surface area contributed by atoms with Gasteiger partial charge in [-0.2, -0.15) is 0 Å². The van der Waals surface area contributed by atoms with Crippen LogP contribution in [0.25, 0.3) is 5.70 Å². The molecular formula is C12H16N2. The maximum Gasteiger partial charge on any atom is 0.0930 e. The first-order chi connectivity index (χ1) is 6.79. The highest BCUT2D eigenvalue weighted by Gasteiger charge is 2.09. The molecule has 0 bridgehead atoms. The summed E-state index contributed by atoms with van der Waals surface area (Å²) in [6.45, 7) is 9.94. The highest BCUT2D eigenvalue weighted by Crippen LogP contribution is 2.29. The number of fused-ring (bicyclic) bond motifs is 1. The van der Waals surface area contributed by atoms with Crippen LogP contribution in [0.3, 0.4) is 0 Å². The number of nitrogens with one attached hydrogen (secondary N) is 1. The van der Waals surface area contributed by atoms with Crippen molar-refractivity contribution in [1.82, 2.24) is 5.32 Å². The average molecular weight is 188 g/mol. The number of aliphatic imine (C=N–C) groups is 1. The molecule has 0 saturated carbocycles. The third kappa shape index (κ3) is 1.84. The van der Waals surface area contributed by atoms with E-state index in [-0.39, 0.29) is 0 Å². The smallest absolute Gasteiger partial charge is 0.0930 e. The van der Waals surface area contributed by atoms with E-state index in [0.29, 0.717) is 0 Å².